The lowest BCUT2D eigenvalue weighted by Crippen LogP contribution is -2.29. The van der Waals surface area contributed by atoms with Gasteiger partial charge in [-0.25, -0.2) is 4.79 Å². The summed E-state index contributed by atoms with van der Waals surface area (Å²) in [4.78, 5) is 23.2. The van der Waals surface area contributed by atoms with Crippen LogP contribution in [0.1, 0.15) is 11.1 Å². The Kier molecular flexibility index (Phi) is 7.06. The Morgan fingerprint density at radius 2 is 1.78 bits per heavy atom. The zero-order valence-corrected chi connectivity index (χ0v) is 14.6. The molecule has 0 aliphatic rings. The highest BCUT2D eigenvalue weighted by molar-refractivity contribution is 6.31. The highest BCUT2D eigenvalue weighted by atomic mass is 35.5. The van der Waals surface area contributed by atoms with E-state index in [4.69, 9.17) is 21.1 Å². The average Bonchev–Trinajstić information content (AvgIpc) is 2.63. The van der Waals surface area contributed by atoms with E-state index in [1.54, 1.807) is 24.3 Å². The van der Waals surface area contributed by atoms with Gasteiger partial charge in [-0.2, -0.15) is 13.2 Å². The van der Waals surface area contributed by atoms with Crippen LogP contribution in [0, 0.1) is 0 Å². The van der Waals surface area contributed by atoms with Crippen LogP contribution in [0.5, 0.6) is 5.75 Å². The number of nitrogens with one attached hydrogen (secondary N) is 1. The monoisotopic (exact) mass is 401 g/mol. The Morgan fingerprint density at radius 3 is 2.48 bits per heavy atom. The maximum absolute atomic E-state index is 12.6. The molecule has 0 radical (unpaired) electrons. The molecule has 144 valence electrons. The van der Waals surface area contributed by atoms with Crippen molar-refractivity contribution in [3.63, 3.8) is 0 Å². The molecule has 0 saturated carbocycles. The molecule has 0 aliphatic heterocycles. The fourth-order valence-corrected chi connectivity index (χ4v) is 2.18. The molecule has 0 heterocycles. The summed E-state index contributed by atoms with van der Waals surface area (Å²) in [6.07, 6.45) is -4.51. The van der Waals surface area contributed by atoms with Crippen molar-refractivity contribution in [2.75, 3.05) is 13.2 Å². The van der Waals surface area contributed by atoms with Crippen LogP contribution in [-0.2, 0) is 27.0 Å². The lowest BCUT2D eigenvalue weighted by atomic mass is 10.2. The zero-order valence-electron chi connectivity index (χ0n) is 13.9. The van der Waals surface area contributed by atoms with E-state index in [0.717, 1.165) is 18.2 Å². The third kappa shape index (κ3) is 6.82. The molecule has 9 heteroatoms. The van der Waals surface area contributed by atoms with Crippen LogP contribution in [-0.4, -0.2) is 25.1 Å². The van der Waals surface area contributed by atoms with Gasteiger partial charge in [-0.05, 0) is 29.8 Å². The van der Waals surface area contributed by atoms with Crippen molar-refractivity contribution >= 4 is 23.5 Å². The molecule has 0 spiro atoms. The largest absolute Gasteiger partial charge is 0.482 e. The van der Waals surface area contributed by atoms with E-state index in [2.05, 4.69) is 5.32 Å². The van der Waals surface area contributed by atoms with Crippen LogP contribution in [0.2, 0.25) is 5.02 Å². The van der Waals surface area contributed by atoms with Crippen molar-refractivity contribution in [3.8, 4) is 5.75 Å². The molecule has 0 atom stereocenters. The Bertz CT molecular complexity index is 811. The number of carbonyl (C=O) groups excluding carboxylic acids is 2. The first-order valence-corrected chi connectivity index (χ1v) is 8.09. The molecule has 27 heavy (non-hydrogen) atoms. The van der Waals surface area contributed by atoms with Gasteiger partial charge in [-0.15, -0.1) is 0 Å². The third-order valence-electron chi connectivity index (χ3n) is 3.32. The van der Waals surface area contributed by atoms with E-state index in [1.165, 1.54) is 6.07 Å². The first kappa shape index (κ1) is 20.6. The van der Waals surface area contributed by atoms with E-state index in [9.17, 15) is 22.8 Å². The van der Waals surface area contributed by atoms with E-state index >= 15 is 0 Å². The Morgan fingerprint density at radius 1 is 1.04 bits per heavy atom. The number of ether oxygens (including phenoxy) is 2. The molecule has 0 fully saturated rings. The summed E-state index contributed by atoms with van der Waals surface area (Å²) >= 11 is 5.95. The number of benzene rings is 2. The maximum Gasteiger partial charge on any atom is 0.416 e. The van der Waals surface area contributed by atoms with Crippen LogP contribution in [0.4, 0.5) is 13.2 Å². The standard InChI is InChI=1S/C18H15ClF3NO4/c19-15-7-2-1-4-12(15)9-23-16(24)10-27-17(25)11-26-14-6-3-5-13(8-14)18(20,21)22/h1-8H,9-11H2,(H,23,24). The molecule has 2 aromatic rings. The lowest BCUT2D eigenvalue weighted by Gasteiger charge is -2.10. The Labute approximate surface area is 158 Å². The molecule has 0 bridgehead atoms. The first-order chi connectivity index (χ1) is 12.8. The number of hydrogen-bond donors (Lipinski definition) is 1. The molecule has 2 rings (SSSR count). The number of alkyl halides is 3. The van der Waals surface area contributed by atoms with Crippen molar-refractivity contribution in [2.45, 2.75) is 12.7 Å². The van der Waals surface area contributed by atoms with Gasteiger partial charge in [0.25, 0.3) is 5.91 Å². The summed E-state index contributed by atoms with van der Waals surface area (Å²) in [7, 11) is 0. The Hall–Kier alpha value is -2.74. The number of amides is 1. The smallest absolute Gasteiger partial charge is 0.416 e. The van der Waals surface area contributed by atoms with Gasteiger partial charge in [-0.3, -0.25) is 4.79 Å². The second-order valence-electron chi connectivity index (χ2n) is 5.34. The molecular weight excluding hydrogens is 387 g/mol. The molecular formula is C18H15ClF3NO4. The van der Waals surface area contributed by atoms with Gasteiger partial charge in [0.2, 0.25) is 0 Å². The first-order valence-electron chi connectivity index (χ1n) is 7.71. The van der Waals surface area contributed by atoms with Gasteiger partial charge in [0.15, 0.2) is 13.2 Å². The molecule has 5 nitrogen and oxygen atoms in total. The van der Waals surface area contributed by atoms with Crippen molar-refractivity contribution in [1.82, 2.24) is 5.32 Å². The van der Waals surface area contributed by atoms with Gasteiger partial charge in [-0.1, -0.05) is 35.9 Å². The number of carbonyl (C=O) groups is 2. The number of esters is 1. The van der Waals surface area contributed by atoms with Gasteiger partial charge < -0.3 is 14.8 Å². The van der Waals surface area contributed by atoms with Gasteiger partial charge in [0, 0.05) is 11.6 Å². The summed E-state index contributed by atoms with van der Waals surface area (Å²) in [6.45, 7) is -1.01. The van der Waals surface area contributed by atoms with Gasteiger partial charge in [0.1, 0.15) is 5.75 Å². The van der Waals surface area contributed by atoms with Crippen LogP contribution in [0.3, 0.4) is 0 Å². The Balaban J connectivity index is 1.73. The third-order valence-corrected chi connectivity index (χ3v) is 3.68. The molecule has 1 N–H and O–H groups in total. The molecule has 0 saturated heterocycles. The minimum atomic E-state index is -4.51. The second-order valence-corrected chi connectivity index (χ2v) is 5.75. The number of halogens is 4. The SMILES string of the molecule is O=C(COC(=O)COc1cccc(C(F)(F)F)c1)NCc1ccccc1Cl. The highest BCUT2D eigenvalue weighted by Gasteiger charge is 2.30. The highest BCUT2D eigenvalue weighted by Crippen LogP contribution is 2.31. The predicted octanol–water partition coefficient (Wildman–Crippen LogP) is 3.60. The topological polar surface area (TPSA) is 64.6 Å². The normalized spacial score (nSPS) is 11.0. The summed E-state index contributed by atoms with van der Waals surface area (Å²) in [5.41, 5.74) is -0.195. The van der Waals surface area contributed by atoms with Crippen molar-refractivity contribution < 1.29 is 32.2 Å². The summed E-state index contributed by atoms with van der Waals surface area (Å²) < 4.78 is 47.5. The summed E-state index contributed by atoms with van der Waals surface area (Å²) in [5, 5.41) is 3.02. The van der Waals surface area contributed by atoms with Crippen LogP contribution in [0.15, 0.2) is 48.5 Å². The van der Waals surface area contributed by atoms with E-state index in [-0.39, 0.29) is 12.3 Å². The molecule has 0 unspecified atom stereocenters. The predicted molar refractivity (Wildman–Crippen MR) is 91.2 cm³/mol. The minimum absolute atomic E-state index is 0.134. The summed E-state index contributed by atoms with van der Waals surface area (Å²) in [6, 6.07) is 11.0. The van der Waals surface area contributed by atoms with E-state index < -0.39 is 36.8 Å². The van der Waals surface area contributed by atoms with Crippen molar-refractivity contribution in [1.29, 1.82) is 0 Å². The summed E-state index contributed by atoms with van der Waals surface area (Å²) in [5.74, 6) is -1.58. The minimum Gasteiger partial charge on any atom is -0.482 e. The molecule has 2 aromatic carbocycles. The van der Waals surface area contributed by atoms with Gasteiger partial charge >= 0.3 is 12.1 Å². The lowest BCUT2D eigenvalue weighted by molar-refractivity contribution is -0.150. The molecule has 0 aliphatic carbocycles. The van der Waals surface area contributed by atoms with Crippen LogP contribution < -0.4 is 10.1 Å². The number of hydrogen-bond acceptors (Lipinski definition) is 4. The van der Waals surface area contributed by atoms with Crippen molar-refractivity contribution in [2.24, 2.45) is 0 Å². The fourth-order valence-electron chi connectivity index (χ4n) is 1.98. The van der Waals surface area contributed by atoms with E-state index in [1.807, 2.05) is 0 Å². The molecule has 1 amide bonds. The quantitative estimate of drug-likeness (QED) is 0.720. The number of rotatable bonds is 7. The van der Waals surface area contributed by atoms with Gasteiger partial charge in [0.05, 0.1) is 5.56 Å². The second kappa shape index (κ2) is 9.27. The maximum atomic E-state index is 12.6. The van der Waals surface area contributed by atoms with Crippen LogP contribution in [0.25, 0.3) is 0 Å². The zero-order chi connectivity index (χ0) is 19.9. The van der Waals surface area contributed by atoms with Crippen LogP contribution >= 0.6 is 11.6 Å². The van der Waals surface area contributed by atoms with Crippen molar-refractivity contribution in [3.05, 3.63) is 64.7 Å². The molecule has 0 aromatic heterocycles. The van der Waals surface area contributed by atoms with E-state index in [0.29, 0.717) is 10.6 Å². The fraction of sp³-hybridized carbons (Fsp3) is 0.222. The average molecular weight is 402 g/mol.